The number of hydrogen-bond acceptors (Lipinski definition) is 3. The van der Waals surface area contributed by atoms with E-state index in [4.69, 9.17) is 9.47 Å². The average molecular weight is 761 g/mol. The summed E-state index contributed by atoms with van der Waals surface area (Å²) in [4.78, 5) is 2.64. The van der Waals surface area contributed by atoms with Crippen LogP contribution in [-0.4, -0.2) is 32.3 Å². The number of aryl methyl sites for hydroxylation is 1. The summed E-state index contributed by atoms with van der Waals surface area (Å²) >= 11 is 1.91. The molecule has 0 atom stereocenters. The number of hydrogen-bond donors (Lipinski definition) is 0. The van der Waals surface area contributed by atoms with Crippen molar-refractivity contribution < 1.29 is 9.47 Å². The van der Waals surface area contributed by atoms with Gasteiger partial charge in [-0.3, -0.25) is 0 Å². The third-order valence-corrected chi connectivity index (χ3v) is 15.7. The Morgan fingerprint density at radius 1 is 0.566 bits per heavy atom. The highest BCUT2D eigenvalue weighted by molar-refractivity contribution is 7.17. The first-order valence-corrected chi connectivity index (χ1v) is 24.6. The predicted octanol–water partition coefficient (Wildman–Crippen LogP) is 12.8. The molecule has 5 rings (SSSR count). The van der Waals surface area contributed by atoms with Gasteiger partial charge in [-0.2, -0.15) is 0 Å². The van der Waals surface area contributed by atoms with Gasteiger partial charge in [0.2, 0.25) is 0 Å². The largest absolute Gasteiger partial charge is 0.493 e. The molecule has 53 heavy (non-hydrogen) atoms. The maximum absolute atomic E-state index is 6.74. The van der Waals surface area contributed by atoms with Crippen molar-refractivity contribution in [1.29, 1.82) is 0 Å². The van der Waals surface area contributed by atoms with Crippen molar-refractivity contribution in [3.63, 3.8) is 0 Å². The molecule has 0 N–H and O–H groups in total. The van der Waals surface area contributed by atoms with Crippen LogP contribution in [0.2, 0.25) is 0 Å². The van der Waals surface area contributed by atoms with Gasteiger partial charge in [-0.15, -0.1) is 11.3 Å². The molecule has 2 aromatic carbocycles. The molecule has 2 nitrogen and oxygen atoms in total. The summed E-state index contributed by atoms with van der Waals surface area (Å²) < 4.78 is 13.5. The number of benzene rings is 2. The van der Waals surface area contributed by atoms with E-state index >= 15 is 0 Å². The highest BCUT2D eigenvalue weighted by Crippen LogP contribution is 2.44. The van der Waals surface area contributed by atoms with Gasteiger partial charge in [0.05, 0.1) is 32.3 Å². The monoisotopic (exact) mass is 760 g/mol. The van der Waals surface area contributed by atoms with Crippen LogP contribution in [-0.2, 0) is 0 Å². The minimum atomic E-state index is -0.680. The second kappa shape index (κ2) is 22.8. The first-order chi connectivity index (χ1) is 26.1. The summed E-state index contributed by atoms with van der Waals surface area (Å²) in [6.45, 7) is 10.5. The Labute approximate surface area is 330 Å². The highest BCUT2D eigenvalue weighted by atomic mass is 32.1. The van der Waals surface area contributed by atoms with Gasteiger partial charge >= 0.3 is 0 Å². The predicted molar refractivity (Wildman–Crippen MR) is 240 cm³/mol. The van der Waals surface area contributed by atoms with Crippen LogP contribution < -0.4 is 9.47 Å². The average Bonchev–Trinajstić information content (AvgIpc) is 3.96. The van der Waals surface area contributed by atoms with Crippen LogP contribution in [0.5, 0.6) is 11.5 Å². The summed E-state index contributed by atoms with van der Waals surface area (Å²) in [6.07, 6.45) is 29.2. The summed E-state index contributed by atoms with van der Waals surface area (Å²) in [5.74, 6) is 9.05. The molecule has 0 aliphatic carbocycles. The molecule has 0 bridgehead atoms. The molecule has 5 heteroatoms. The topological polar surface area (TPSA) is 18.5 Å². The van der Waals surface area contributed by atoms with Crippen LogP contribution in [0, 0.1) is 18.8 Å². The van der Waals surface area contributed by atoms with E-state index in [-0.39, 0.29) is 0 Å². The normalized spacial score (nSPS) is 14.6. The van der Waals surface area contributed by atoms with Crippen LogP contribution in [0.25, 0.3) is 26.0 Å². The Bertz CT molecular complexity index is 1800. The molecular weight excluding hydrogens is 697 g/mol. The maximum atomic E-state index is 6.74. The minimum absolute atomic E-state index is 0.557. The van der Waals surface area contributed by atoms with Crippen LogP contribution >= 0.6 is 11.3 Å². The second-order valence-electron chi connectivity index (χ2n) is 15.0. The van der Waals surface area contributed by atoms with Crippen molar-refractivity contribution >= 4 is 46.0 Å². The van der Waals surface area contributed by atoms with E-state index < -0.39 is 19.0 Å². The SMILES string of the molecule is CCCCCCCCC#CC1=CC=C(c2ccc(-c3cc(OCCCCCC)c(C4=CC=C(c5cccc(C)c5)[SiH2]4)cc3OCCCCCCC)s2)[SiH2]1. The number of rotatable bonds is 23. The zero-order valence-electron chi connectivity index (χ0n) is 33.3. The van der Waals surface area contributed by atoms with Gasteiger partial charge < -0.3 is 9.47 Å². The fourth-order valence-electron chi connectivity index (χ4n) is 7.20. The van der Waals surface area contributed by atoms with Crippen molar-refractivity contribution in [3.8, 4) is 33.8 Å². The van der Waals surface area contributed by atoms with Crippen LogP contribution in [0.1, 0.15) is 145 Å². The quantitative estimate of drug-likeness (QED) is 0.0544. The standard InChI is InChI=1S/C48H64O2SSi2/c1-5-8-11-14-15-16-17-19-25-39-26-29-48(52-39)45-28-27-44(51-45)40-35-43(50-32-20-13-10-7-3)41(36-42(40)49-33-21-18-12-9-6-2)47-31-30-46(53-47)38-24-22-23-37(4)34-38/h22-24,26-31,34-36H,5-18,20-21,32-33,52-53H2,1-4H3. The van der Waals surface area contributed by atoms with Gasteiger partial charge in [0, 0.05) is 27.3 Å². The van der Waals surface area contributed by atoms with E-state index in [1.807, 2.05) is 11.3 Å². The summed E-state index contributed by atoms with van der Waals surface area (Å²) in [5, 5.41) is 5.82. The molecule has 1 aromatic heterocycles. The van der Waals surface area contributed by atoms with Crippen molar-refractivity contribution in [2.24, 2.45) is 0 Å². The van der Waals surface area contributed by atoms with Crippen LogP contribution in [0.15, 0.2) is 78.0 Å². The fourth-order valence-corrected chi connectivity index (χ4v) is 11.8. The first-order valence-electron chi connectivity index (χ1n) is 21.0. The van der Waals surface area contributed by atoms with Crippen molar-refractivity contribution in [2.75, 3.05) is 13.2 Å². The Morgan fingerprint density at radius 2 is 1.17 bits per heavy atom. The third-order valence-electron chi connectivity index (χ3n) is 10.4. The Morgan fingerprint density at radius 3 is 1.91 bits per heavy atom. The first kappa shape index (κ1) is 40.9. The molecule has 0 saturated heterocycles. The van der Waals surface area contributed by atoms with Gasteiger partial charge in [-0.05, 0) is 66.4 Å². The van der Waals surface area contributed by atoms with E-state index in [9.17, 15) is 0 Å². The highest BCUT2D eigenvalue weighted by Gasteiger charge is 2.22. The molecular formula is C48H64O2SSi2. The Kier molecular flexibility index (Phi) is 17.6. The van der Waals surface area contributed by atoms with Crippen molar-refractivity contribution in [3.05, 3.63) is 99.6 Å². The van der Waals surface area contributed by atoms with Crippen molar-refractivity contribution in [2.45, 2.75) is 130 Å². The second-order valence-corrected chi connectivity index (χ2v) is 19.8. The number of unbranched alkanes of at least 4 members (excludes halogenated alkanes) is 13. The van der Waals surface area contributed by atoms with Gasteiger partial charge in [-0.25, -0.2) is 0 Å². The lowest BCUT2D eigenvalue weighted by Gasteiger charge is -2.19. The molecule has 2 aliphatic rings. The van der Waals surface area contributed by atoms with E-state index in [1.54, 1.807) is 0 Å². The van der Waals surface area contributed by atoms with Crippen LogP contribution in [0.3, 0.4) is 0 Å². The van der Waals surface area contributed by atoms with Gasteiger partial charge in [0.25, 0.3) is 0 Å². The minimum Gasteiger partial charge on any atom is -0.493 e. The van der Waals surface area contributed by atoms with Crippen LogP contribution in [0.4, 0.5) is 0 Å². The third kappa shape index (κ3) is 12.9. The smallest absolute Gasteiger partial charge is 0.128 e. The summed E-state index contributed by atoms with van der Waals surface area (Å²) in [6, 6.07) is 18.3. The molecule has 0 radical (unpaired) electrons. The summed E-state index contributed by atoms with van der Waals surface area (Å²) in [7, 11) is -1.24. The Balaban J connectivity index is 1.35. The lowest BCUT2D eigenvalue weighted by atomic mass is 10.1. The molecule has 0 unspecified atom stereocenters. The van der Waals surface area contributed by atoms with Gasteiger partial charge in [0.15, 0.2) is 0 Å². The Hall–Kier alpha value is -3.31. The number of thiophene rings is 1. The molecule has 0 fully saturated rings. The molecule has 3 heterocycles. The van der Waals surface area contributed by atoms with E-state index in [0.717, 1.165) is 44.0 Å². The molecule has 3 aromatic rings. The molecule has 0 spiro atoms. The molecule has 2 aliphatic heterocycles. The number of ether oxygens (including phenoxy) is 2. The lowest BCUT2D eigenvalue weighted by molar-refractivity contribution is 0.297. The zero-order valence-corrected chi connectivity index (χ0v) is 36.9. The number of allylic oxidation sites excluding steroid dienone is 5. The maximum Gasteiger partial charge on any atom is 0.128 e. The van der Waals surface area contributed by atoms with E-state index in [0.29, 0.717) is 0 Å². The molecule has 0 amide bonds. The summed E-state index contributed by atoms with van der Waals surface area (Å²) in [5.41, 5.74) is 5.08. The molecule has 282 valence electrons. The lowest BCUT2D eigenvalue weighted by Crippen LogP contribution is -2.05. The van der Waals surface area contributed by atoms with Gasteiger partial charge in [0.1, 0.15) is 11.5 Å². The van der Waals surface area contributed by atoms with E-state index in [2.05, 4.69) is 112 Å². The fraction of sp³-hybridized carbons (Fsp3) is 0.458. The van der Waals surface area contributed by atoms with Crippen molar-refractivity contribution in [1.82, 2.24) is 0 Å². The van der Waals surface area contributed by atoms with E-state index in [1.165, 1.54) is 136 Å². The zero-order chi connectivity index (χ0) is 37.1. The van der Waals surface area contributed by atoms with Gasteiger partial charge in [-0.1, -0.05) is 174 Å². The molecule has 0 saturated carbocycles.